The van der Waals surface area contributed by atoms with Crippen LogP contribution in [0.5, 0.6) is 0 Å². The van der Waals surface area contributed by atoms with Crippen LogP contribution < -0.4 is 10.0 Å². The van der Waals surface area contributed by atoms with Crippen molar-refractivity contribution in [2.45, 2.75) is 24.8 Å². The van der Waals surface area contributed by atoms with Crippen molar-refractivity contribution >= 4 is 61.6 Å². The molecule has 2 amide bonds. The van der Waals surface area contributed by atoms with E-state index in [2.05, 4.69) is 10.0 Å². The summed E-state index contributed by atoms with van der Waals surface area (Å²) in [4.78, 5) is 40.1. The Morgan fingerprint density at radius 1 is 1.08 bits per heavy atom. The van der Waals surface area contributed by atoms with Gasteiger partial charge in [0.2, 0.25) is 0 Å². The summed E-state index contributed by atoms with van der Waals surface area (Å²) in [5, 5.41) is 3.51. The predicted molar refractivity (Wildman–Crippen MR) is 143 cm³/mol. The largest absolute Gasteiger partial charge is 0.462 e. The molecule has 200 valence electrons. The first-order chi connectivity index (χ1) is 18.1. The van der Waals surface area contributed by atoms with Crippen LogP contribution in [0.15, 0.2) is 53.4 Å². The van der Waals surface area contributed by atoms with E-state index in [0.717, 1.165) is 10.4 Å². The molecule has 2 N–H and O–H groups in total. The summed E-state index contributed by atoms with van der Waals surface area (Å²) in [6, 6.07) is 11.6. The number of methoxy groups -OCH3 is 1. The van der Waals surface area contributed by atoms with Crippen LogP contribution in [0, 0.1) is 0 Å². The smallest absolute Gasteiger partial charge is 0.409 e. The average molecular weight is 578 g/mol. The molecule has 1 aliphatic rings. The average Bonchev–Trinajstić information content (AvgIpc) is 3.25. The van der Waals surface area contributed by atoms with Crippen LogP contribution in [0.1, 0.15) is 38.1 Å². The second-order valence-corrected chi connectivity index (χ2v) is 11.4. The van der Waals surface area contributed by atoms with Crippen molar-refractivity contribution in [3.05, 3.63) is 75.1 Å². The number of ether oxygens (including phenoxy) is 2. The molecule has 0 unspecified atom stereocenters. The Labute approximate surface area is 228 Å². The van der Waals surface area contributed by atoms with Gasteiger partial charge >= 0.3 is 12.1 Å². The van der Waals surface area contributed by atoms with Crippen molar-refractivity contribution in [2.75, 3.05) is 30.3 Å². The summed E-state index contributed by atoms with van der Waals surface area (Å²) in [7, 11) is -2.54. The Hall–Kier alpha value is -3.61. The predicted octanol–water partition coefficient (Wildman–Crippen LogP) is 4.76. The van der Waals surface area contributed by atoms with Crippen LogP contribution in [0.25, 0.3) is 0 Å². The monoisotopic (exact) mass is 577 g/mol. The topological polar surface area (TPSA) is 131 Å². The number of halogens is 1. The minimum absolute atomic E-state index is 0.0441. The zero-order valence-electron chi connectivity index (χ0n) is 20.4. The molecule has 3 aromatic rings. The molecule has 0 saturated carbocycles. The molecule has 38 heavy (non-hydrogen) atoms. The summed E-state index contributed by atoms with van der Waals surface area (Å²) < 4.78 is 37.7. The van der Waals surface area contributed by atoms with Crippen molar-refractivity contribution in [2.24, 2.45) is 0 Å². The third-order valence-electron chi connectivity index (χ3n) is 5.72. The number of benzene rings is 2. The Morgan fingerprint density at radius 3 is 2.39 bits per heavy atom. The van der Waals surface area contributed by atoms with E-state index >= 15 is 0 Å². The van der Waals surface area contributed by atoms with Gasteiger partial charge in [0, 0.05) is 27.7 Å². The molecule has 0 radical (unpaired) electrons. The highest BCUT2D eigenvalue weighted by molar-refractivity contribution is 7.92. The molecule has 2 heterocycles. The van der Waals surface area contributed by atoms with E-state index in [1.807, 2.05) is 0 Å². The van der Waals surface area contributed by atoms with Gasteiger partial charge in [0.1, 0.15) is 5.00 Å². The number of rotatable bonds is 7. The van der Waals surface area contributed by atoms with Gasteiger partial charge in [0.05, 0.1) is 30.7 Å². The molecule has 0 bridgehead atoms. The first-order valence-corrected chi connectivity index (χ1v) is 14.1. The molecule has 1 aliphatic heterocycles. The number of esters is 1. The van der Waals surface area contributed by atoms with E-state index in [-0.39, 0.29) is 34.9 Å². The Balaban J connectivity index is 1.53. The third-order valence-corrected chi connectivity index (χ3v) is 8.50. The molecule has 13 heteroatoms. The second-order valence-electron chi connectivity index (χ2n) is 8.16. The number of hydrogen-bond donors (Lipinski definition) is 2. The fourth-order valence-corrected chi connectivity index (χ4v) is 6.32. The number of carbonyl (C=O) groups is 3. The highest BCUT2D eigenvalue weighted by Gasteiger charge is 2.31. The fraction of sp³-hybridized carbons (Fsp3) is 0.240. The lowest BCUT2D eigenvalue weighted by Gasteiger charge is -2.25. The highest BCUT2D eigenvalue weighted by Crippen LogP contribution is 2.38. The number of nitrogens with zero attached hydrogens (tertiary/aromatic N) is 1. The van der Waals surface area contributed by atoms with E-state index in [9.17, 15) is 22.8 Å². The molecule has 2 aromatic carbocycles. The number of thiophene rings is 1. The maximum Gasteiger partial charge on any atom is 0.409 e. The quantitative estimate of drug-likeness (QED) is 0.387. The lowest BCUT2D eigenvalue weighted by Crippen LogP contribution is -2.35. The van der Waals surface area contributed by atoms with E-state index < -0.39 is 28.0 Å². The second kappa shape index (κ2) is 11.4. The molecule has 0 fully saturated rings. The molecule has 0 aliphatic carbocycles. The zero-order valence-corrected chi connectivity index (χ0v) is 22.8. The summed E-state index contributed by atoms with van der Waals surface area (Å²) in [5.74, 6) is -1.05. The lowest BCUT2D eigenvalue weighted by atomic mass is 10.0. The molecule has 0 spiro atoms. The van der Waals surface area contributed by atoms with Crippen molar-refractivity contribution in [1.82, 2.24) is 4.90 Å². The van der Waals surface area contributed by atoms with E-state index in [4.69, 9.17) is 21.1 Å². The van der Waals surface area contributed by atoms with Crippen LogP contribution >= 0.6 is 22.9 Å². The van der Waals surface area contributed by atoms with E-state index in [1.165, 1.54) is 71.9 Å². The normalized spacial score (nSPS) is 12.9. The minimum atomic E-state index is -3.84. The molecule has 0 atom stereocenters. The SMILES string of the molecule is CCOC(=O)c1c(NC(=O)c2ccc(NS(=O)(=O)c3ccc(Cl)cc3)cc2)sc2c1CCN(C(=O)OC)C2. The van der Waals surface area contributed by atoms with Crippen molar-refractivity contribution in [3.63, 3.8) is 0 Å². The maximum absolute atomic E-state index is 13.0. The van der Waals surface area contributed by atoms with Gasteiger partial charge in [-0.25, -0.2) is 18.0 Å². The number of amides is 2. The van der Waals surface area contributed by atoms with Crippen LogP contribution in [0.4, 0.5) is 15.5 Å². The molecular formula is C25H24ClN3O7S2. The number of sulfonamides is 1. The van der Waals surface area contributed by atoms with Crippen LogP contribution in [0.3, 0.4) is 0 Å². The first kappa shape index (κ1) is 27.4. The van der Waals surface area contributed by atoms with Gasteiger partial charge in [-0.1, -0.05) is 11.6 Å². The van der Waals surface area contributed by atoms with Gasteiger partial charge in [-0.15, -0.1) is 11.3 Å². The first-order valence-electron chi connectivity index (χ1n) is 11.5. The Bertz CT molecular complexity index is 1470. The van der Waals surface area contributed by atoms with Crippen molar-refractivity contribution in [3.8, 4) is 0 Å². The molecule has 0 saturated heterocycles. The van der Waals surface area contributed by atoms with Gasteiger partial charge in [0.15, 0.2) is 0 Å². The third kappa shape index (κ3) is 5.93. The van der Waals surface area contributed by atoms with Gasteiger partial charge in [0.25, 0.3) is 15.9 Å². The van der Waals surface area contributed by atoms with Crippen LogP contribution in [0.2, 0.25) is 5.02 Å². The van der Waals surface area contributed by atoms with Crippen molar-refractivity contribution in [1.29, 1.82) is 0 Å². The molecular weight excluding hydrogens is 554 g/mol. The minimum Gasteiger partial charge on any atom is -0.462 e. The van der Waals surface area contributed by atoms with Crippen LogP contribution in [-0.4, -0.2) is 51.5 Å². The van der Waals surface area contributed by atoms with Gasteiger partial charge in [-0.05, 0) is 67.4 Å². The van der Waals surface area contributed by atoms with Gasteiger partial charge < -0.3 is 19.7 Å². The zero-order chi connectivity index (χ0) is 27.4. The fourth-order valence-electron chi connectivity index (χ4n) is 3.89. The summed E-state index contributed by atoms with van der Waals surface area (Å²) in [6.45, 7) is 2.47. The lowest BCUT2D eigenvalue weighted by molar-refractivity contribution is 0.0526. The molecule has 1 aromatic heterocycles. The van der Waals surface area contributed by atoms with Gasteiger partial charge in [-0.3, -0.25) is 9.52 Å². The summed E-state index contributed by atoms with van der Waals surface area (Å²) >= 11 is 7.02. The maximum atomic E-state index is 13.0. The van der Waals surface area contributed by atoms with Crippen LogP contribution in [-0.2, 0) is 32.5 Å². The Kier molecular flexibility index (Phi) is 8.24. The summed E-state index contributed by atoms with van der Waals surface area (Å²) in [6.07, 6.45) is -0.0629. The van der Waals surface area contributed by atoms with E-state index in [1.54, 1.807) is 6.92 Å². The number of fused-ring (bicyclic) bond motifs is 1. The molecule has 4 rings (SSSR count). The van der Waals surface area contributed by atoms with Crippen molar-refractivity contribution < 1.29 is 32.3 Å². The Morgan fingerprint density at radius 2 is 1.76 bits per heavy atom. The number of hydrogen-bond acceptors (Lipinski definition) is 8. The number of carbonyl (C=O) groups excluding carboxylic acids is 3. The number of nitrogens with one attached hydrogen (secondary N) is 2. The number of anilines is 2. The summed E-state index contributed by atoms with van der Waals surface area (Å²) in [5.41, 5.74) is 1.52. The standard InChI is InChI=1S/C25H24ClN3O7S2/c1-3-36-24(31)21-19-12-13-29(25(32)35-2)14-20(19)37-23(21)27-22(30)15-4-8-17(9-5-15)28-38(33,34)18-10-6-16(26)7-11-18/h4-11,28H,3,12-14H2,1-2H3,(H,27,30). The molecule has 10 nitrogen and oxygen atoms in total. The van der Waals surface area contributed by atoms with Gasteiger partial charge in [-0.2, -0.15) is 0 Å². The van der Waals surface area contributed by atoms with E-state index in [0.29, 0.717) is 23.0 Å². The highest BCUT2D eigenvalue weighted by atomic mass is 35.5.